The molecular weight excluding hydrogens is 376 g/mol. The van der Waals surface area contributed by atoms with Crippen LogP contribution in [0.1, 0.15) is 0 Å². The zero-order valence-electron chi connectivity index (χ0n) is 12.8. The zero-order chi connectivity index (χ0) is 16.1. The molecule has 5 aromatic rings. The molecule has 0 aliphatic carbocycles. The summed E-state index contributed by atoms with van der Waals surface area (Å²) in [5, 5.41) is 5.37. The maximum Gasteiger partial charge on any atom is 0.0362 e. The van der Waals surface area contributed by atoms with Crippen LogP contribution >= 0.6 is 27.3 Å². The Balaban J connectivity index is 2.03. The summed E-state index contributed by atoms with van der Waals surface area (Å²) >= 11 is 5.60. The average Bonchev–Trinajstić information content (AvgIpc) is 3.01. The molecule has 2 heteroatoms. The van der Waals surface area contributed by atoms with Crippen molar-refractivity contribution in [1.82, 2.24) is 0 Å². The Hall–Kier alpha value is -2.16. The molecule has 4 aromatic carbocycles. The second kappa shape index (κ2) is 5.44. The Kier molecular flexibility index (Phi) is 3.22. The summed E-state index contributed by atoms with van der Waals surface area (Å²) in [6.45, 7) is 0. The fourth-order valence-corrected chi connectivity index (χ4v) is 5.14. The first-order valence-corrected chi connectivity index (χ1v) is 9.52. The standard InChI is InChI=1S/C22H13BrS/c23-18-10-4-3-8-16(18)17-9-5-11-19-22(17)21-15-7-2-1-6-14(15)12-13-20(21)24-19/h1-13H. The molecule has 24 heavy (non-hydrogen) atoms. The zero-order valence-corrected chi connectivity index (χ0v) is 15.2. The van der Waals surface area contributed by atoms with E-state index in [1.54, 1.807) is 0 Å². The number of rotatable bonds is 1. The van der Waals surface area contributed by atoms with Crippen molar-refractivity contribution in [3.05, 3.63) is 83.3 Å². The van der Waals surface area contributed by atoms with Crippen molar-refractivity contribution in [2.24, 2.45) is 0 Å². The summed E-state index contributed by atoms with van der Waals surface area (Å²) < 4.78 is 3.83. The topological polar surface area (TPSA) is 0 Å². The van der Waals surface area contributed by atoms with E-state index in [9.17, 15) is 0 Å². The molecule has 0 atom stereocenters. The van der Waals surface area contributed by atoms with Gasteiger partial charge in [0.05, 0.1) is 0 Å². The number of hydrogen-bond donors (Lipinski definition) is 0. The molecule has 5 rings (SSSR count). The Morgan fingerprint density at radius 2 is 1.33 bits per heavy atom. The minimum atomic E-state index is 1.14. The molecule has 0 saturated carbocycles. The summed E-state index contributed by atoms with van der Waals surface area (Å²) in [5.41, 5.74) is 2.54. The number of benzene rings is 4. The number of thiophene rings is 1. The fraction of sp³-hybridized carbons (Fsp3) is 0. The van der Waals surface area contributed by atoms with E-state index in [0.717, 1.165) is 4.47 Å². The van der Waals surface area contributed by atoms with E-state index in [1.165, 1.54) is 42.1 Å². The van der Waals surface area contributed by atoms with Crippen LogP contribution in [0.4, 0.5) is 0 Å². The highest BCUT2D eigenvalue weighted by Gasteiger charge is 2.14. The molecule has 1 aromatic heterocycles. The highest BCUT2D eigenvalue weighted by Crippen LogP contribution is 2.44. The van der Waals surface area contributed by atoms with E-state index >= 15 is 0 Å². The van der Waals surface area contributed by atoms with Gasteiger partial charge in [-0.2, -0.15) is 0 Å². The van der Waals surface area contributed by atoms with E-state index in [4.69, 9.17) is 0 Å². The van der Waals surface area contributed by atoms with E-state index in [2.05, 4.69) is 94.8 Å². The Morgan fingerprint density at radius 3 is 2.25 bits per heavy atom. The van der Waals surface area contributed by atoms with Crippen LogP contribution in [0, 0.1) is 0 Å². The molecule has 0 radical (unpaired) electrons. The van der Waals surface area contributed by atoms with Crippen LogP contribution in [-0.4, -0.2) is 0 Å². The third-order valence-corrected chi connectivity index (χ3v) is 6.36. The van der Waals surface area contributed by atoms with Crippen LogP contribution in [0.2, 0.25) is 0 Å². The van der Waals surface area contributed by atoms with Crippen molar-refractivity contribution in [2.75, 3.05) is 0 Å². The van der Waals surface area contributed by atoms with E-state index in [0.29, 0.717) is 0 Å². The lowest BCUT2D eigenvalue weighted by Crippen LogP contribution is -1.82. The molecule has 0 saturated heterocycles. The van der Waals surface area contributed by atoms with Crippen LogP contribution in [0.3, 0.4) is 0 Å². The highest BCUT2D eigenvalue weighted by atomic mass is 79.9. The quantitative estimate of drug-likeness (QED) is 0.276. The molecular formula is C22H13BrS. The molecule has 0 bridgehead atoms. The first-order chi connectivity index (χ1) is 11.8. The molecule has 0 unspecified atom stereocenters. The van der Waals surface area contributed by atoms with Gasteiger partial charge in [0, 0.05) is 24.6 Å². The summed E-state index contributed by atoms with van der Waals surface area (Å²) in [6.07, 6.45) is 0. The molecule has 0 fully saturated rings. The lowest BCUT2D eigenvalue weighted by Gasteiger charge is -2.08. The van der Waals surface area contributed by atoms with Crippen LogP contribution < -0.4 is 0 Å². The van der Waals surface area contributed by atoms with Crippen molar-refractivity contribution in [3.8, 4) is 11.1 Å². The summed E-state index contributed by atoms with van der Waals surface area (Å²) in [4.78, 5) is 0. The van der Waals surface area contributed by atoms with Gasteiger partial charge in [-0.1, -0.05) is 76.6 Å². The summed E-state index contributed by atoms with van der Waals surface area (Å²) in [5.74, 6) is 0. The predicted octanol–water partition coefficient (Wildman–Crippen LogP) is 7.64. The van der Waals surface area contributed by atoms with E-state index in [-0.39, 0.29) is 0 Å². The maximum absolute atomic E-state index is 3.72. The molecule has 0 nitrogen and oxygen atoms in total. The first-order valence-electron chi connectivity index (χ1n) is 7.91. The molecule has 0 aliphatic heterocycles. The van der Waals surface area contributed by atoms with Crippen LogP contribution in [0.25, 0.3) is 42.1 Å². The van der Waals surface area contributed by atoms with Crippen molar-refractivity contribution >= 4 is 58.2 Å². The lowest BCUT2D eigenvalue weighted by molar-refractivity contribution is 1.62. The van der Waals surface area contributed by atoms with Gasteiger partial charge in [0.1, 0.15) is 0 Å². The molecule has 1 heterocycles. The Labute approximate surface area is 152 Å². The summed E-state index contributed by atoms with van der Waals surface area (Å²) in [6, 6.07) is 28.2. The highest BCUT2D eigenvalue weighted by molar-refractivity contribution is 9.10. The summed E-state index contributed by atoms with van der Waals surface area (Å²) in [7, 11) is 0. The monoisotopic (exact) mass is 388 g/mol. The SMILES string of the molecule is Brc1ccccc1-c1cccc2sc3ccc4ccccc4c3c12. The predicted molar refractivity (Wildman–Crippen MR) is 110 cm³/mol. The molecule has 114 valence electrons. The molecule has 0 aliphatic rings. The number of hydrogen-bond acceptors (Lipinski definition) is 1. The number of halogens is 1. The van der Waals surface area contributed by atoms with Gasteiger partial charge in [-0.15, -0.1) is 11.3 Å². The van der Waals surface area contributed by atoms with Crippen molar-refractivity contribution in [2.45, 2.75) is 0 Å². The Morgan fingerprint density at radius 1 is 0.583 bits per heavy atom. The van der Waals surface area contributed by atoms with Crippen LogP contribution in [-0.2, 0) is 0 Å². The first kappa shape index (κ1) is 14.2. The van der Waals surface area contributed by atoms with Crippen molar-refractivity contribution in [1.29, 1.82) is 0 Å². The third kappa shape index (κ3) is 2.03. The van der Waals surface area contributed by atoms with Gasteiger partial charge in [-0.25, -0.2) is 0 Å². The molecule has 0 N–H and O–H groups in total. The van der Waals surface area contributed by atoms with Gasteiger partial charge in [-0.3, -0.25) is 0 Å². The van der Waals surface area contributed by atoms with Crippen LogP contribution in [0.15, 0.2) is 83.3 Å². The maximum atomic E-state index is 3.72. The van der Waals surface area contributed by atoms with Gasteiger partial charge in [-0.05, 0) is 40.1 Å². The second-order valence-electron chi connectivity index (χ2n) is 5.92. The van der Waals surface area contributed by atoms with Gasteiger partial charge >= 0.3 is 0 Å². The van der Waals surface area contributed by atoms with Gasteiger partial charge in [0.15, 0.2) is 0 Å². The molecule has 0 spiro atoms. The van der Waals surface area contributed by atoms with Crippen LogP contribution in [0.5, 0.6) is 0 Å². The lowest BCUT2D eigenvalue weighted by atomic mass is 9.97. The van der Waals surface area contributed by atoms with Gasteiger partial charge in [0.25, 0.3) is 0 Å². The largest absolute Gasteiger partial charge is 0.135 e. The van der Waals surface area contributed by atoms with Crippen molar-refractivity contribution in [3.63, 3.8) is 0 Å². The van der Waals surface area contributed by atoms with Gasteiger partial charge < -0.3 is 0 Å². The van der Waals surface area contributed by atoms with Gasteiger partial charge in [0.2, 0.25) is 0 Å². The second-order valence-corrected chi connectivity index (χ2v) is 7.86. The Bertz CT molecular complexity index is 1220. The minimum absolute atomic E-state index is 1.14. The van der Waals surface area contributed by atoms with E-state index < -0.39 is 0 Å². The average molecular weight is 389 g/mol. The smallest absolute Gasteiger partial charge is 0.0362 e. The van der Waals surface area contributed by atoms with E-state index in [1.807, 2.05) is 11.3 Å². The molecule has 0 amide bonds. The minimum Gasteiger partial charge on any atom is -0.135 e. The third-order valence-electron chi connectivity index (χ3n) is 4.55. The normalized spacial score (nSPS) is 11.5. The van der Waals surface area contributed by atoms with Crippen molar-refractivity contribution < 1.29 is 0 Å². The number of fused-ring (bicyclic) bond motifs is 5. The fourth-order valence-electron chi connectivity index (χ4n) is 3.49.